The van der Waals surface area contributed by atoms with Crippen LogP contribution in [0.4, 0.5) is 13.2 Å². The van der Waals surface area contributed by atoms with E-state index >= 15 is 0 Å². The highest BCUT2D eigenvalue weighted by atomic mass is 19.3. The fourth-order valence-electron chi connectivity index (χ4n) is 1.44. The number of halogens is 3. The number of alkyl halides is 2. The van der Waals surface area contributed by atoms with E-state index in [0.717, 1.165) is 0 Å². The first kappa shape index (κ1) is 13.0. The molecule has 0 atom stereocenters. The highest BCUT2D eigenvalue weighted by molar-refractivity contribution is 5.17. The molecule has 1 rings (SSSR count). The molecule has 90 valence electrons. The topological polar surface area (TPSA) is 23.5 Å². The Labute approximate surface area is 92.3 Å². The van der Waals surface area contributed by atoms with Gasteiger partial charge in [0.15, 0.2) is 0 Å². The fraction of sp³-hybridized carbons (Fsp3) is 0.455. The van der Waals surface area contributed by atoms with Gasteiger partial charge in [-0.2, -0.15) is 0 Å². The molecule has 1 N–H and O–H groups in total. The molecule has 0 amide bonds. The van der Waals surface area contributed by atoms with Crippen molar-refractivity contribution in [3.8, 4) is 0 Å². The average Bonchev–Trinajstić information content (AvgIpc) is 2.21. The van der Waals surface area contributed by atoms with Gasteiger partial charge in [0, 0.05) is 18.7 Å². The molecule has 5 heteroatoms. The van der Waals surface area contributed by atoms with Crippen LogP contribution in [0.15, 0.2) is 24.3 Å². The molecule has 0 saturated carbocycles. The van der Waals surface area contributed by atoms with Gasteiger partial charge in [-0.3, -0.25) is 4.90 Å². The standard InChI is InChI=1S/C11H14F3NO/c12-10-4-2-1-3-9(10)7-15(5-6-16)8-11(13)14/h1-4,11,16H,5-8H2. The molecule has 2 nitrogen and oxygen atoms in total. The van der Waals surface area contributed by atoms with Crippen LogP contribution in [0.2, 0.25) is 0 Å². The van der Waals surface area contributed by atoms with E-state index in [1.807, 2.05) is 0 Å². The Morgan fingerprint density at radius 1 is 1.25 bits per heavy atom. The van der Waals surface area contributed by atoms with E-state index in [0.29, 0.717) is 5.56 Å². The Bertz CT molecular complexity index is 320. The molecule has 1 aromatic carbocycles. The van der Waals surface area contributed by atoms with Crippen LogP contribution in [-0.2, 0) is 6.54 Å². The molecule has 0 aliphatic heterocycles. The third-order valence-corrected chi connectivity index (χ3v) is 2.16. The predicted octanol–water partition coefficient (Wildman–Crippen LogP) is 1.89. The van der Waals surface area contributed by atoms with Gasteiger partial charge in [0.25, 0.3) is 6.43 Å². The first-order valence-corrected chi connectivity index (χ1v) is 4.98. The normalized spacial score (nSPS) is 11.4. The van der Waals surface area contributed by atoms with E-state index in [1.54, 1.807) is 18.2 Å². The van der Waals surface area contributed by atoms with Gasteiger partial charge in [-0.05, 0) is 6.07 Å². The minimum absolute atomic E-state index is 0.0809. The lowest BCUT2D eigenvalue weighted by Gasteiger charge is -2.20. The van der Waals surface area contributed by atoms with Crippen LogP contribution in [0, 0.1) is 5.82 Å². The highest BCUT2D eigenvalue weighted by Crippen LogP contribution is 2.10. The van der Waals surface area contributed by atoms with E-state index in [2.05, 4.69) is 0 Å². The molecule has 0 fully saturated rings. The Morgan fingerprint density at radius 3 is 2.50 bits per heavy atom. The van der Waals surface area contributed by atoms with Crippen molar-refractivity contribution in [1.82, 2.24) is 4.90 Å². The van der Waals surface area contributed by atoms with Crippen LogP contribution in [0.5, 0.6) is 0 Å². The van der Waals surface area contributed by atoms with Crippen LogP contribution in [-0.4, -0.2) is 36.1 Å². The molecular weight excluding hydrogens is 219 g/mol. The van der Waals surface area contributed by atoms with Crippen molar-refractivity contribution in [3.63, 3.8) is 0 Å². The molecule has 0 spiro atoms. The number of benzene rings is 1. The molecule has 0 aromatic heterocycles. The van der Waals surface area contributed by atoms with Crippen LogP contribution in [0.25, 0.3) is 0 Å². The van der Waals surface area contributed by atoms with Crippen molar-refractivity contribution in [2.45, 2.75) is 13.0 Å². The minimum Gasteiger partial charge on any atom is -0.395 e. The first-order chi connectivity index (χ1) is 7.63. The zero-order valence-electron chi connectivity index (χ0n) is 8.74. The summed E-state index contributed by atoms with van der Waals surface area (Å²) in [4.78, 5) is 1.32. The van der Waals surface area contributed by atoms with Crippen LogP contribution >= 0.6 is 0 Å². The lowest BCUT2D eigenvalue weighted by atomic mass is 10.2. The van der Waals surface area contributed by atoms with Gasteiger partial charge < -0.3 is 5.11 Å². The summed E-state index contributed by atoms with van der Waals surface area (Å²) in [6, 6.07) is 6.03. The molecule has 0 radical (unpaired) electrons. The molecule has 0 aliphatic carbocycles. The molecule has 0 aliphatic rings. The minimum atomic E-state index is -2.49. The van der Waals surface area contributed by atoms with Crippen molar-refractivity contribution < 1.29 is 18.3 Å². The number of nitrogens with zero attached hydrogens (tertiary/aromatic N) is 1. The summed E-state index contributed by atoms with van der Waals surface area (Å²) >= 11 is 0. The molecule has 0 heterocycles. The predicted molar refractivity (Wildman–Crippen MR) is 54.8 cm³/mol. The Morgan fingerprint density at radius 2 is 1.94 bits per heavy atom. The maximum atomic E-state index is 13.3. The second kappa shape index (κ2) is 6.50. The lowest BCUT2D eigenvalue weighted by molar-refractivity contribution is 0.0741. The highest BCUT2D eigenvalue weighted by Gasteiger charge is 2.13. The summed E-state index contributed by atoms with van der Waals surface area (Å²) in [5.74, 6) is -0.417. The van der Waals surface area contributed by atoms with Gasteiger partial charge >= 0.3 is 0 Å². The number of hydrogen-bond donors (Lipinski definition) is 1. The lowest BCUT2D eigenvalue weighted by Crippen LogP contribution is -2.31. The quantitative estimate of drug-likeness (QED) is 0.811. The Kier molecular flexibility index (Phi) is 5.28. The number of rotatable bonds is 6. The number of aliphatic hydroxyl groups excluding tert-OH is 1. The molecular formula is C11H14F3NO. The summed E-state index contributed by atoms with van der Waals surface area (Å²) < 4.78 is 37.6. The summed E-state index contributed by atoms with van der Waals surface area (Å²) in [7, 11) is 0. The second-order valence-electron chi connectivity index (χ2n) is 3.44. The second-order valence-corrected chi connectivity index (χ2v) is 3.44. The largest absolute Gasteiger partial charge is 0.395 e. The maximum absolute atomic E-state index is 13.3. The molecule has 16 heavy (non-hydrogen) atoms. The van der Waals surface area contributed by atoms with Crippen LogP contribution < -0.4 is 0 Å². The fourth-order valence-corrected chi connectivity index (χ4v) is 1.44. The van der Waals surface area contributed by atoms with Gasteiger partial charge in [0.05, 0.1) is 13.2 Å². The van der Waals surface area contributed by atoms with Gasteiger partial charge in [0.2, 0.25) is 0 Å². The van der Waals surface area contributed by atoms with Gasteiger partial charge in [-0.15, -0.1) is 0 Å². The molecule has 0 bridgehead atoms. The van der Waals surface area contributed by atoms with E-state index < -0.39 is 18.8 Å². The van der Waals surface area contributed by atoms with Crippen molar-refractivity contribution in [1.29, 1.82) is 0 Å². The molecule has 1 aromatic rings. The summed E-state index contributed by atoms with van der Waals surface area (Å²) in [6.07, 6.45) is -2.49. The third-order valence-electron chi connectivity index (χ3n) is 2.16. The van der Waals surface area contributed by atoms with Gasteiger partial charge in [0.1, 0.15) is 5.82 Å². The number of hydrogen-bond acceptors (Lipinski definition) is 2. The summed E-state index contributed by atoms with van der Waals surface area (Å²) in [5.41, 5.74) is 0.358. The zero-order chi connectivity index (χ0) is 12.0. The number of aliphatic hydroxyl groups is 1. The zero-order valence-corrected chi connectivity index (χ0v) is 8.74. The van der Waals surface area contributed by atoms with Crippen molar-refractivity contribution in [2.24, 2.45) is 0 Å². The van der Waals surface area contributed by atoms with Crippen molar-refractivity contribution in [3.05, 3.63) is 35.6 Å². The Hall–Kier alpha value is -1.07. The van der Waals surface area contributed by atoms with Gasteiger partial charge in [-0.1, -0.05) is 18.2 Å². The third kappa shape index (κ3) is 4.20. The van der Waals surface area contributed by atoms with Crippen molar-refractivity contribution >= 4 is 0 Å². The van der Waals surface area contributed by atoms with Crippen LogP contribution in [0.1, 0.15) is 5.56 Å². The summed E-state index contributed by atoms with van der Waals surface area (Å²) in [6.45, 7) is -0.494. The molecule has 0 saturated heterocycles. The monoisotopic (exact) mass is 233 g/mol. The SMILES string of the molecule is OCCN(Cc1ccccc1F)CC(F)F. The van der Waals surface area contributed by atoms with E-state index in [9.17, 15) is 13.2 Å². The van der Waals surface area contributed by atoms with E-state index in [1.165, 1.54) is 11.0 Å². The maximum Gasteiger partial charge on any atom is 0.251 e. The van der Waals surface area contributed by atoms with E-state index in [4.69, 9.17) is 5.11 Å². The van der Waals surface area contributed by atoms with E-state index in [-0.39, 0.29) is 19.7 Å². The van der Waals surface area contributed by atoms with Crippen molar-refractivity contribution in [2.75, 3.05) is 19.7 Å². The molecule has 0 unspecified atom stereocenters. The smallest absolute Gasteiger partial charge is 0.251 e. The average molecular weight is 233 g/mol. The summed E-state index contributed by atoms with van der Waals surface area (Å²) in [5, 5.41) is 8.72. The van der Waals surface area contributed by atoms with Crippen LogP contribution in [0.3, 0.4) is 0 Å². The Balaban J connectivity index is 2.64. The first-order valence-electron chi connectivity index (χ1n) is 4.98. The van der Waals surface area contributed by atoms with Gasteiger partial charge in [-0.25, -0.2) is 13.2 Å².